The Hall–Kier alpha value is -2.29. The summed E-state index contributed by atoms with van der Waals surface area (Å²) in [5.74, 6) is -0.902. The van der Waals surface area contributed by atoms with Gasteiger partial charge < -0.3 is 14.9 Å². The second-order valence-electron chi connectivity index (χ2n) is 11.7. The number of aliphatic carboxylic acids is 1. The number of hydrogen-bond donors (Lipinski definition) is 1. The zero-order chi connectivity index (χ0) is 26.9. The predicted molar refractivity (Wildman–Crippen MR) is 139 cm³/mol. The lowest BCUT2D eigenvalue weighted by atomic mass is 9.86. The van der Waals surface area contributed by atoms with E-state index in [1.54, 1.807) is 6.07 Å². The normalized spacial score (nSPS) is 25.2. The molecule has 1 aromatic carbocycles. The number of nitrogens with zero attached hydrogens (tertiary/aromatic N) is 3. The molecule has 1 aromatic rings. The van der Waals surface area contributed by atoms with Crippen molar-refractivity contribution in [2.45, 2.75) is 82.3 Å². The van der Waals surface area contributed by atoms with Crippen LogP contribution >= 0.6 is 0 Å². The van der Waals surface area contributed by atoms with E-state index >= 15 is 0 Å². The standard InChI is InChI=1S/C29H40F3N3O3/c30-29(31,32)23-6-7-25(26(18-23)33-13-10-21(11-14-33)28(37)38)20-8-15-34(16-9-20)27(36)22-12-17-35(19-22)24-4-2-1-3-5-24/h6-7,18,20-22,24H,1-5,8-17,19H2,(H,37,38). The smallest absolute Gasteiger partial charge is 0.416 e. The van der Waals surface area contributed by atoms with Crippen LogP contribution in [0.1, 0.15) is 81.3 Å². The zero-order valence-corrected chi connectivity index (χ0v) is 22.1. The highest BCUT2D eigenvalue weighted by atomic mass is 19.4. The fraction of sp³-hybridized carbons (Fsp3) is 0.724. The van der Waals surface area contributed by atoms with Gasteiger partial charge in [-0.15, -0.1) is 0 Å². The van der Waals surface area contributed by atoms with Crippen LogP contribution in [0.15, 0.2) is 18.2 Å². The van der Waals surface area contributed by atoms with Gasteiger partial charge in [0.1, 0.15) is 0 Å². The van der Waals surface area contributed by atoms with Crippen molar-refractivity contribution in [2.24, 2.45) is 11.8 Å². The monoisotopic (exact) mass is 535 g/mol. The van der Waals surface area contributed by atoms with Crippen LogP contribution in [-0.4, -0.2) is 72.1 Å². The molecule has 38 heavy (non-hydrogen) atoms. The minimum absolute atomic E-state index is 0.0608. The third-order valence-electron chi connectivity index (χ3n) is 9.45. The van der Waals surface area contributed by atoms with Crippen LogP contribution < -0.4 is 4.90 Å². The van der Waals surface area contributed by atoms with Crippen LogP contribution in [0.3, 0.4) is 0 Å². The number of rotatable bonds is 5. The quantitative estimate of drug-likeness (QED) is 0.550. The molecule has 6 nitrogen and oxygen atoms in total. The topological polar surface area (TPSA) is 64.1 Å². The van der Waals surface area contributed by atoms with Crippen LogP contribution in [0.4, 0.5) is 18.9 Å². The Balaban J connectivity index is 1.23. The lowest BCUT2D eigenvalue weighted by molar-refractivity contribution is -0.142. The van der Waals surface area contributed by atoms with Crippen molar-refractivity contribution in [1.29, 1.82) is 0 Å². The maximum Gasteiger partial charge on any atom is 0.416 e. The molecule has 9 heteroatoms. The average molecular weight is 536 g/mol. The first-order chi connectivity index (χ1) is 18.2. The van der Waals surface area contributed by atoms with Gasteiger partial charge in [-0.2, -0.15) is 13.2 Å². The van der Waals surface area contributed by atoms with E-state index in [1.807, 2.05) is 9.80 Å². The van der Waals surface area contributed by atoms with Gasteiger partial charge in [-0.05, 0) is 75.1 Å². The first-order valence-corrected chi connectivity index (χ1v) is 14.4. The fourth-order valence-corrected chi connectivity index (χ4v) is 7.14. The molecule has 1 saturated carbocycles. The van der Waals surface area contributed by atoms with Crippen LogP contribution in [0.5, 0.6) is 0 Å². The molecule has 3 saturated heterocycles. The molecular formula is C29H40F3N3O3. The Bertz CT molecular complexity index is 995. The summed E-state index contributed by atoms with van der Waals surface area (Å²) in [7, 11) is 0. The average Bonchev–Trinajstić information content (AvgIpc) is 3.43. The number of anilines is 1. The van der Waals surface area contributed by atoms with Gasteiger partial charge in [0.05, 0.1) is 17.4 Å². The number of carbonyl (C=O) groups is 2. The van der Waals surface area contributed by atoms with Crippen molar-refractivity contribution >= 4 is 17.6 Å². The first kappa shape index (κ1) is 27.3. The maximum atomic E-state index is 13.6. The molecule has 210 valence electrons. The van der Waals surface area contributed by atoms with Crippen molar-refractivity contribution < 1.29 is 27.9 Å². The van der Waals surface area contributed by atoms with E-state index in [2.05, 4.69) is 4.90 Å². The van der Waals surface area contributed by atoms with Gasteiger partial charge in [-0.3, -0.25) is 14.5 Å². The van der Waals surface area contributed by atoms with Gasteiger partial charge in [-0.1, -0.05) is 25.3 Å². The molecule has 1 amide bonds. The number of piperidine rings is 2. The second kappa shape index (κ2) is 11.4. The van der Waals surface area contributed by atoms with Crippen molar-refractivity contribution in [3.8, 4) is 0 Å². The van der Waals surface area contributed by atoms with E-state index in [9.17, 15) is 27.9 Å². The van der Waals surface area contributed by atoms with Crippen molar-refractivity contribution in [3.63, 3.8) is 0 Å². The summed E-state index contributed by atoms with van der Waals surface area (Å²) in [5.41, 5.74) is 0.795. The number of likely N-dealkylation sites (tertiary alicyclic amines) is 2. The minimum atomic E-state index is -4.44. The molecule has 5 rings (SSSR count). The zero-order valence-electron chi connectivity index (χ0n) is 22.1. The molecule has 1 N–H and O–H groups in total. The van der Waals surface area contributed by atoms with E-state index in [0.717, 1.165) is 37.9 Å². The van der Waals surface area contributed by atoms with Gasteiger partial charge in [-0.25, -0.2) is 0 Å². The SMILES string of the molecule is O=C(O)C1CCN(c2cc(C(F)(F)F)ccc2C2CCN(C(=O)C3CCN(C4CCCCC4)C3)CC2)CC1. The van der Waals surface area contributed by atoms with E-state index in [4.69, 9.17) is 0 Å². The van der Waals surface area contributed by atoms with Gasteiger partial charge in [0.2, 0.25) is 5.91 Å². The highest BCUT2D eigenvalue weighted by molar-refractivity contribution is 5.79. The summed E-state index contributed by atoms with van der Waals surface area (Å²) in [6.45, 7) is 3.99. The number of benzene rings is 1. The number of carboxylic acid groups (broad SMARTS) is 1. The Morgan fingerprint density at radius 1 is 0.816 bits per heavy atom. The van der Waals surface area contributed by atoms with Crippen LogP contribution in [0.2, 0.25) is 0 Å². The molecule has 0 bridgehead atoms. The van der Waals surface area contributed by atoms with E-state index < -0.39 is 23.6 Å². The minimum Gasteiger partial charge on any atom is -0.481 e. The molecule has 0 radical (unpaired) electrons. The van der Waals surface area contributed by atoms with E-state index in [0.29, 0.717) is 50.7 Å². The molecule has 4 fully saturated rings. The number of hydrogen-bond acceptors (Lipinski definition) is 4. The second-order valence-corrected chi connectivity index (χ2v) is 11.7. The number of carbonyl (C=O) groups excluding carboxylic acids is 1. The molecule has 3 heterocycles. The highest BCUT2D eigenvalue weighted by Gasteiger charge is 2.37. The summed E-state index contributed by atoms with van der Waals surface area (Å²) < 4.78 is 40.7. The molecule has 0 spiro atoms. The Morgan fingerprint density at radius 2 is 1.47 bits per heavy atom. The molecule has 4 aliphatic rings. The van der Waals surface area contributed by atoms with Crippen molar-refractivity contribution in [3.05, 3.63) is 29.3 Å². The van der Waals surface area contributed by atoms with Gasteiger partial charge in [0, 0.05) is 44.5 Å². The number of alkyl halides is 3. The first-order valence-electron chi connectivity index (χ1n) is 14.4. The van der Waals surface area contributed by atoms with Gasteiger partial charge >= 0.3 is 12.1 Å². The lowest BCUT2D eigenvalue weighted by Crippen LogP contribution is -2.43. The summed E-state index contributed by atoms with van der Waals surface area (Å²) in [6, 6.07) is 4.65. The summed E-state index contributed by atoms with van der Waals surface area (Å²) in [4.78, 5) is 31.2. The predicted octanol–water partition coefficient (Wildman–Crippen LogP) is 5.37. The van der Waals surface area contributed by atoms with Crippen molar-refractivity contribution in [2.75, 3.05) is 44.2 Å². The largest absolute Gasteiger partial charge is 0.481 e. The fourth-order valence-electron chi connectivity index (χ4n) is 7.14. The van der Waals surface area contributed by atoms with E-state index in [1.165, 1.54) is 44.2 Å². The molecule has 0 aromatic heterocycles. The highest BCUT2D eigenvalue weighted by Crippen LogP contribution is 2.41. The van der Waals surface area contributed by atoms with Crippen LogP contribution in [0, 0.1) is 11.8 Å². The summed E-state index contributed by atoms with van der Waals surface area (Å²) >= 11 is 0. The van der Waals surface area contributed by atoms with Crippen LogP contribution in [0.25, 0.3) is 0 Å². The Morgan fingerprint density at radius 3 is 2.11 bits per heavy atom. The third-order valence-corrected chi connectivity index (χ3v) is 9.45. The lowest BCUT2D eigenvalue weighted by Gasteiger charge is -2.38. The summed E-state index contributed by atoms with van der Waals surface area (Å²) in [6.07, 6.45) is 5.19. The maximum absolute atomic E-state index is 13.6. The van der Waals surface area contributed by atoms with Gasteiger partial charge in [0.25, 0.3) is 0 Å². The van der Waals surface area contributed by atoms with E-state index in [-0.39, 0.29) is 17.7 Å². The molecule has 1 unspecified atom stereocenters. The number of amides is 1. The van der Waals surface area contributed by atoms with Crippen molar-refractivity contribution in [1.82, 2.24) is 9.80 Å². The molecule has 1 aliphatic carbocycles. The van der Waals surface area contributed by atoms with Gasteiger partial charge in [0.15, 0.2) is 0 Å². The summed E-state index contributed by atoms with van der Waals surface area (Å²) in [5, 5.41) is 9.33. The Labute approximate surface area is 223 Å². The molecule has 3 aliphatic heterocycles. The molecule has 1 atom stereocenters. The van der Waals surface area contributed by atoms with Crippen LogP contribution in [-0.2, 0) is 15.8 Å². The number of halogens is 3. The molecular weight excluding hydrogens is 495 g/mol. The number of carboxylic acids is 1. The third kappa shape index (κ3) is 5.97. The Kier molecular flexibility index (Phi) is 8.22.